The molecule has 4 rings (SSSR count). The summed E-state index contributed by atoms with van der Waals surface area (Å²) in [6, 6.07) is 17.2. The first-order valence-corrected chi connectivity index (χ1v) is 9.71. The topological polar surface area (TPSA) is 78.4 Å². The highest BCUT2D eigenvalue weighted by Crippen LogP contribution is 2.30. The largest absolute Gasteiger partial charge is 0.355 e. The fourth-order valence-electron chi connectivity index (χ4n) is 3.41. The van der Waals surface area contributed by atoms with Crippen LogP contribution in [0, 0.1) is 0 Å². The van der Waals surface area contributed by atoms with Crippen LogP contribution < -0.4 is 15.1 Å². The molecule has 1 aliphatic heterocycles. The van der Waals surface area contributed by atoms with Crippen molar-refractivity contribution in [2.45, 2.75) is 12.8 Å². The van der Waals surface area contributed by atoms with Gasteiger partial charge in [0.15, 0.2) is 11.6 Å². The van der Waals surface area contributed by atoms with E-state index in [1.54, 1.807) is 4.90 Å². The van der Waals surface area contributed by atoms with Crippen molar-refractivity contribution in [3.8, 4) is 0 Å². The second kappa shape index (κ2) is 8.26. The number of nitrogens with one attached hydrogen (secondary N) is 1. The van der Waals surface area contributed by atoms with Gasteiger partial charge in [0, 0.05) is 33.1 Å². The molecular weight excluding hydrogens is 366 g/mol. The van der Waals surface area contributed by atoms with Gasteiger partial charge in [-0.25, -0.2) is 9.97 Å². The van der Waals surface area contributed by atoms with Crippen molar-refractivity contribution in [1.29, 1.82) is 0 Å². The minimum absolute atomic E-state index is 0.0658. The van der Waals surface area contributed by atoms with Gasteiger partial charge in [0.25, 0.3) is 0 Å². The van der Waals surface area contributed by atoms with E-state index in [0.29, 0.717) is 37.7 Å². The molecule has 0 aliphatic carbocycles. The number of hydrogen-bond donors (Lipinski definition) is 1. The quantitative estimate of drug-likeness (QED) is 0.724. The van der Waals surface area contributed by atoms with Gasteiger partial charge in [-0.1, -0.05) is 42.5 Å². The maximum absolute atomic E-state index is 12.8. The Morgan fingerprint density at radius 1 is 0.931 bits per heavy atom. The summed E-state index contributed by atoms with van der Waals surface area (Å²) in [5, 5.41) is 2.83. The fraction of sp³-hybridized carbons (Fsp3) is 0.273. The number of nitrogens with zero attached hydrogens (tertiary/aromatic N) is 4. The summed E-state index contributed by atoms with van der Waals surface area (Å²) in [4.78, 5) is 38.0. The van der Waals surface area contributed by atoms with Crippen molar-refractivity contribution in [3.05, 3.63) is 60.2 Å². The number of hydrogen-bond acceptors (Lipinski definition) is 5. The van der Waals surface area contributed by atoms with E-state index in [4.69, 9.17) is 0 Å². The Hall–Kier alpha value is -3.48. The van der Waals surface area contributed by atoms with Crippen LogP contribution >= 0.6 is 0 Å². The molecule has 1 N–H and O–H groups in total. The average Bonchev–Trinajstić information content (AvgIpc) is 2.73. The number of aromatic nitrogens is 2. The first-order valence-electron chi connectivity index (χ1n) is 9.71. The van der Waals surface area contributed by atoms with E-state index < -0.39 is 0 Å². The Morgan fingerprint density at radius 2 is 1.59 bits per heavy atom. The summed E-state index contributed by atoms with van der Waals surface area (Å²) in [6.07, 6.45) is 0.530. The van der Waals surface area contributed by atoms with Crippen molar-refractivity contribution < 1.29 is 9.59 Å². The van der Waals surface area contributed by atoms with Crippen LogP contribution in [0.5, 0.6) is 0 Å². The van der Waals surface area contributed by atoms with Crippen LogP contribution in [0.25, 0.3) is 11.0 Å². The number of amides is 2. The van der Waals surface area contributed by atoms with Gasteiger partial charge >= 0.3 is 0 Å². The van der Waals surface area contributed by atoms with Gasteiger partial charge in [0.1, 0.15) is 0 Å². The molecule has 1 aromatic heterocycles. The van der Waals surface area contributed by atoms with Crippen molar-refractivity contribution in [2.75, 3.05) is 36.5 Å². The molecule has 7 nitrogen and oxygen atoms in total. The van der Waals surface area contributed by atoms with E-state index in [1.807, 2.05) is 66.5 Å². The van der Waals surface area contributed by atoms with Crippen molar-refractivity contribution in [1.82, 2.24) is 15.3 Å². The predicted molar refractivity (Wildman–Crippen MR) is 113 cm³/mol. The molecular formula is C22H23N5O2. The number of benzene rings is 2. The molecule has 29 heavy (non-hydrogen) atoms. The molecule has 0 fully saturated rings. The van der Waals surface area contributed by atoms with Crippen LogP contribution in [0.15, 0.2) is 54.6 Å². The number of para-hydroxylation sites is 2. The lowest BCUT2D eigenvalue weighted by molar-refractivity contribution is -0.121. The van der Waals surface area contributed by atoms with Gasteiger partial charge in [-0.2, -0.15) is 0 Å². The molecule has 7 heteroatoms. The Morgan fingerprint density at radius 3 is 2.31 bits per heavy atom. The molecule has 0 spiro atoms. The SMILES string of the molecule is CN1CCN(C(=O)CCNC(=O)Cc2ccccc2)c2nc3ccccc3nc21. The molecule has 3 aromatic rings. The second-order valence-electron chi connectivity index (χ2n) is 7.09. The number of anilines is 2. The van der Waals surface area contributed by atoms with E-state index in [0.717, 1.165) is 16.6 Å². The van der Waals surface area contributed by atoms with E-state index >= 15 is 0 Å². The van der Waals surface area contributed by atoms with Gasteiger partial charge < -0.3 is 10.2 Å². The highest BCUT2D eigenvalue weighted by molar-refractivity contribution is 5.97. The van der Waals surface area contributed by atoms with Crippen LogP contribution in [0.2, 0.25) is 0 Å². The zero-order valence-electron chi connectivity index (χ0n) is 16.3. The number of likely N-dealkylation sites (N-methyl/N-ethyl adjacent to an activating group) is 1. The summed E-state index contributed by atoms with van der Waals surface area (Å²) in [5.74, 6) is 1.13. The summed E-state index contributed by atoms with van der Waals surface area (Å²) in [7, 11) is 1.95. The number of fused-ring (bicyclic) bond motifs is 2. The first kappa shape index (κ1) is 18.9. The smallest absolute Gasteiger partial charge is 0.230 e. The van der Waals surface area contributed by atoms with Crippen LogP contribution in [-0.2, 0) is 16.0 Å². The Bertz CT molecular complexity index is 1040. The number of rotatable bonds is 5. The maximum Gasteiger partial charge on any atom is 0.230 e. The van der Waals surface area contributed by atoms with Crippen molar-refractivity contribution >= 4 is 34.5 Å². The van der Waals surface area contributed by atoms with E-state index in [2.05, 4.69) is 15.3 Å². The Kier molecular flexibility index (Phi) is 5.37. The van der Waals surface area contributed by atoms with Crippen LogP contribution in [-0.4, -0.2) is 48.5 Å². The standard InChI is InChI=1S/C22H23N5O2/c1-26-13-14-27(22-21(26)24-17-9-5-6-10-18(17)25-22)20(29)11-12-23-19(28)15-16-7-3-2-4-8-16/h2-10H,11-15H2,1H3,(H,23,28). The maximum atomic E-state index is 12.8. The van der Waals surface area contributed by atoms with Crippen molar-refractivity contribution in [3.63, 3.8) is 0 Å². The highest BCUT2D eigenvalue weighted by Gasteiger charge is 2.28. The molecule has 0 saturated carbocycles. The third-order valence-corrected chi connectivity index (χ3v) is 4.98. The summed E-state index contributed by atoms with van der Waals surface area (Å²) >= 11 is 0. The highest BCUT2D eigenvalue weighted by atomic mass is 16.2. The predicted octanol–water partition coefficient (Wildman–Crippen LogP) is 2.16. The lowest BCUT2D eigenvalue weighted by Crippen LogP contribution is -2.44. The van der Waals surface area contributed by atoms with E-state index in [1.165, 1.54) is 0 Å². The van der Waals surface area contributed by atoms with Crippen molar-refractivity contribution in [2.24, 2.45) is 0 Å². The molecule has 0 saturated heterocycles. The molecule has 0 atom stereocenters. The van der Waals surface area contributed by atoms with Crippen LogP contribution in [0.3, 0.4) is 0 Å². The Labute approximate surface area is 169 Å². The molecule has 2 aromatic carbocycles. The summed E-state index contributed by atoms with van der Waals surface area (Å²) in [6.45, 7) is 1.53. The molecule has 0 radical (unpaired) electrons. The molecule has 0 bridgehead atoms. The average molecular weight is 389 g/mol. The van der Waals surface area contributed by atoms with Gasteiger partial charge in [0.05, 0.1) is 17.5 Å². The molecule has 2 heterocycles. The lowest BCUT2D eigenvalue weighted by atomic mass is 10.1. The fourth-order valence-corrected chi connectivity index (χ4v) is 3.41. The van der Waals surface area contributed by atoms with Gasteiger partial charge in [0.2, 0.25) is 11.8 Å². The van der Waals surface area contributed by atoms with E-state index in [9.17, 15) is 9.59 Å². The number of carbonyl (C=O) groups excluding carboxylic acids is 2. The summed E-state index contributed by atoms with van der Waals surface area (Å²) < 4.78 is 0. The third kappa shape index (κ3) is 4.18. The second-order valence-corrected chi connectivity index (χ2v) is 7.09. The minimum atomic E-state index is -0.0893. The van der Waals surface area contributed by atoms with Crippen LogP contribution in [0.4, 0.5) is 11.6 Å². The van der Waals surface area contributed by atoms with E-state index in [-0.39, 0.29) is 18.2 Å². The lowest BCUT2D eigenvalue weighted by Gasteiger charge is -2.33. The van der Waals surface area contributed by atoms with Crippen LogP contribution in [0.1, 0.15) is 12.0 Å². The Balaban J connectivity index is 1.41. The zero-order valence-corrected chi connectivity index (χ0v) is 16.3. The van der Waals surface area contributed by atoms with Gasteiger partial charge in [-0.05, 0) is 17.7 Å². The molecule has 148 valence electrons. The van der Waals surface area contributed by atoms with Gasteiger partial charge in [-0.3, -0.25) is 14.5 Å². The molecule has 2 amide bonds. The van der Waals surface area contributed by atoms with Gasteiger partial charge in [-0.15, -0.1) is 0 Å². The molecule has 1 aliphatic rings. The monoisotopic (exact) mass is 389 g/mol. The third-order valence-electron chi connectivity index (χ3n) is 4.98. The first-order chi connectivity index (χ1) is 14.1. The zero-order chi connectivity index (χ0) is 20.2. The normalized spacial score (nSPS) is 13.3. The number of carbonyl (C=O) groups is 2. The minimum Gasteiger partial charge on any atom is -0.355 e. The molecule has 0 unspecified atom stereocenters. The summed E-state index contributed by atoms with van der Waals surface area (Å²) in [5.41, 5.74) is 2.52.